The largest absolute Gasteiger partial charge is 0.494 e. The number of carboxylic acid groups (broad SMARTS) is 1. The van der Waals surface area contributed by atoms with Gasteiger partial charge in [0, 0.05) is 10.9 Å². The molecule has 0 aliphatic carbocycles. The van der Waals surface area contributed by atoms with Crippen molar-refractivity contribution in [2.45, 2.75) is 25.8 Å². The Morgan fingerprint density at radius 3 is 2.58 bits per heavy atom. The summed E-state index contributed by atoms with van der Waals surface area (Å²) in [6, 6.07) is 6.54. The molecule has 0 aliphatic heterocycles. The van der Waals surface area contributed by atoms with Crippen LogP contribution < -0.4 is 10.1 Å². The van der Waals surface area contributed by atoms with Gasteiger partial charge in [-0.3, -0.25) is 9.59 Å². The quantitative estimate of drug-likeness (QED) is 0.752. The molecule has 0 saturated heterocycles. The molecule has 1 rings (SSSR count). The van der Waals surface area contributed by atoms with E-state index < -0.39 is 12.0 Å². The maximum atomic E-state index is 11.4. The van der Waals surface area contributed by atoms with Gasteiger partial charge in [0.15, 0.2) is 0 Å². The number of hydrogen-bond acceptors (Lipinski definition) is 3. The van der Waals surface area contributed by atoms with Crippen molar-refractivity contribution < 1.29 is 19.4 Å². The van der Waals surface area contributed by atoms with Crippen molar-refractivity contribution in [2.75, 3.05) is 6.61 Å². The van der Waals surface area contributed by atoms with Crippen LogP contribution >= 0.6 is 15.9 Å². The van der Waals surface area contributed by atoms with Crippen LogP contribution in [-0.2, 0) is 9.59 Å². The lowest BCUT2D eigenvalue weighted by atomic mass is 10.2. The second kappa shape index (κ2) is 7.78. The van der Waals surface area contributed by atoms with Crippen molar-refractivity contribution in [1.29, 1.82) is 0 Å². The summed E-state index contributed by atoms with van der Waals surface area (Å²) in [6.07, 6.45) is 0.780. The van der Waals surface area contributed by atoms with Crippen LogP contribution in [0.4, 0.5) is 0 Å². The highest BCUT2D eigenvalue weighted by atomic mass is 79.9. The fraction of sp³-hybridized carbons (Fsp3) is 0.385. The van der Waals surface area contributed by atoms with Gasteiger partial charge >= 0.3 is 5.97 Å². The monoisotopic (exact) mass is 329 g/mol. The summed E-state index contributed by atoms with van der Waals surface area (Å²) in [4.78, 5) is 21.9. The highest BCUT2D eigenvalue weighted by molar-refractivity contribution is 9.10. The van der Waals surface area contributed by atoms with Gasteiger partial charge in [-0.1, -0.05) is 15.9 Å². The van der Waals surface area contributed by atoms with Crippen LogP contribution in [0.2, 0.25) is 0 Å². The summed E-state index contributed by atoms with van der Waals surface area (Å²) in [5.41, 5.74) is 0. The summed E-state index contributed by atoms with van der Waals surface area (Å²) in [5, 5.41) is 11.0. The number of rotatable bonds is 7. The molecular formula is C13H16BrNO4. The van der Waals surface area contributed by atoms with Crippen LogP contribution in [0.1, 0.15) is 19.8 Å². The van der Waals surface area contributed by atoms with E-state index in [4.69, 9.17) is 9.84 Å². The fourth-order valence-corrected chi connectivity index (χ4v) is 1.59. The smallest absolute Gasteiger partial charge is 0.325 e. The van der Waals surface area contributed by atoms with Crippen LogP contribution in [-0.4, -0.2) is 29.6 Å². The standard InChI is InChI=1S/C13H16BrNO4/c1-9(13(17)18)15-12(16)3-2-8-19-11-6-4-10(14)5-7-11/h4-7,9H,2-3,8H2,1H3,(H,15,16)(H,17,18). The first-order valence-electron chi connectivity index (χ1n) is 5.89. The first kappa shape index (κ1) is 15.5. The predicted molar refractivity (Wildman–Crippen MR) is 74.1 cm³/mol. The lowest BCUT2D eigenvalue weighted by Crippen LogP contribution is -2.38. The van der Waals surface area contributed by atoms with Gasteiger partial charge in [-0.05, 0) is 37.6 Å². The molecule has 1 amide bonds. The van der Waals surface area contributed by atoms with Crippen molar-refractivity contribution in [2.24, 2.45) is 0 Å². The molecule has 0 saturated carbocycles. The molecular weight excluding hydrogens is 314 g/mol. The van der Waals surface area contributed by atoms with E-state index in [9.17, 15) is 9.59 Å². The SMILES string of the molecule is CC(NC(=O)CCCOc1ccc(Br)cc1)C(=O)O. The number of carbonyl (C=O) groups is 2. The van der Waals surface area contributed by atoms with Gasteiger partial charge in [0.2, 0.25) is 5.91 Å². The molecule has 104 valence electrons. The number of nitrogens with one attached hydrogen (secondary N) is 1. The lowest BCUT2D eigenvalue weighted by Gasteiger charge is -2.09. The number of benzene rings is 1. The molecule has 0 radical (unpaired) electrons. The second-order valence-electron chi connectivity index (χ2n) is 4.03. The third-order valence-corrected chi connectivity index (χ3v) is 2.91. The van der Waals surface area contributed by atoms with Crippen LogP contribution in [0.15, 0.2) is 28.7 Å². The van der Waals surface area contributed by atoms with Crippen LogP contribution in [0, 0.1) is 0 Å². The Balaban J connectivity index is 2.18. The van der Waals surface area contributed by atoms with Crippen LogP contribution in [0.3, 0.4) is 0 Å². The third kappa shape index (κ3) is 6.24. The Morgan fingerprint density at radius 2 is 2.00 bits per heavy atom. The maximum absolute atomic E-state index is 11.4. The van der Waals surface area contributed by atoms with Gasteiger partial charge in [-0.15, -0.1) is 0 Å². The fourth-order valence-electron chi connectivity index (χ4n) is 1.33. The molecule has 1 atom stereocenters. The number of carboxylic acids is 1. The minimum atomic E-state index is -1.04. The number of halogens is 1. The average Bonchev–Trinajstić information content (AvgIpc) is 2.36. The Hall–Kier alpha value is -1.56. The van der Waals surface area contributed by atoms with Gasteiger partial charge in [-0.2, -0.15) is 0 Å². The Morgan fingerprint density at radius 1 is 1.37 bits per heavy atom. The first-order valence-corrected chi connectivity index (χ1v) is 6.69. The molecule has 1 aromatic rings. The van der Waals surface area contributed by atoms with E-state index in [1.165, 1.54) is 6.92 Å². The summed E-state index contributed by atoms with van der Waals surface area (Å²) < 4.78 is 6.42. The number of ether oxygens (including phenoxy) is 1. The summed E-state index contributed by atoms with van der Waals surface area (Å²) in [6.45, 7) is 1.84. The zero-order chi connectivity index (χ0) is 14.3. The molecule has 1 aromatic carbocycles. The molecule has 19 heavy (non-hydrogen) atoms. The number of amides is 1. The zero-order valence-electron chi connectivity index (χ0n) is 10.6. The highest BCUT2D eigenvalue weighted by Gasteiger charge is 2.13. The van der Waals surface area contributed by atoms with Crippen molar-refractivity contribution in [3.63, 3.8) is 0 Å². The van der Waals surface area contributed by atoms with E-state index in [2.05, 4.69) is 21.2 Å². The van der Waals surface area contributed by atoms with Crippen LogP contribution in [0.25, 0.3) is 0 Å². The number of hydrogen-bond donors (Lipinski definition) is 2. The van der Waals surface area contributed by atoms with E-state index in [0.717, 1.165) is 10.2 Å². The summed E-state index contributed by atoms with van der Waals surface area (Å²) >= 11 is 3.32. The van der Waals surface area contributed by atoms with Crippen molar-refractivity contribution >= 4 is 27.8 Å². The van der Waals surface area contributed by atoms with E-state index in [-0.39, 0.29) is 12.3 Å². The number of carbonyl (C=O) groups excluding carboxylic acids is 1. The normalized spacial score (nSPS) is 11.7. The van der Waals surface area contributed by atoms with Gasteiger partial charge < -0.3 is 15.2 Å². The second-order valence-corrected chi connectivity index (χ2v) is 4.95. The first-order chi connectivity index (χ1) is 8.99. The molecule has 5 nitrogen and oxygen atoms in total. The predicted octanol–water partition coefficient (Wildman–Crippen LogP) is 2.20. The van der Waals surface area contributed by atoms with E-state index >= 15 is 0 Å². The Labute approximate surface area is 120 Å². The molecule has 0 bridgehead atoms. The summed E-state index contributed by atoms with van der Waals surface area (Å²) in [5.74, 6) is -0.587. The van der Waals surface area contributed by atoms with Crippen molar-refractivity contribution in [3.8, 4) is 5.75 Å². The van der Waals surface area contributed by atoms with Gasteiger partial charge in [0.25, 0.3) is 0 Å². The molecule has 0 aromatic heterocycles. The van der Waals surface area contributed by atoms with E-state index in [0.29, 0.717) is 13.0 Å². The molecule has 6 heteroatoms. The van der Waals surface area contributed by atoms with Crippen LogP contribution in [0.5, 0.6) is 5.75 Å². The molecule has 1 unspecified atom stereocenters. The van der Waals surface area contributed by atoms with E-state index in [1.807, 2.05) is 24.3 Å². The van der Waals surface area contributed by atoms with Gasteiger partial charge in [0.1, 0.15) is 11.8 Å². The molecule has 0 aliphatic rings. The van der Waals surface area contributed by atoms with Gasteiger partial charge in [-0.25, -0.2) is 0 Å². The molecule has 0 heterocycles. The van der Waals surface area contributed by atoms with Crippen molar-refractivity contribution in [3.05, 3.63) is 28.7 Å². The van der Waals surface area contributed by atoms with Gasteiger partial charge in [0.05, 0.1) is 6.61 Å². The minimum absolute atomic E-state index is 0.244. The molecule has 2 N–H and O–H groups in total. The van der Waals surface area contributed by atoms with Crippen molar-refractivity contribution in [1.82, 2.24) is 5.32 Å². The van der Waals surface area contributed by atoms with E-state index in [1.54, 1.807) is 0 Å². The minimum Gasteiger partial charge on any atom is -0.494 e. The number of aliphatic carboxylic acids is 1. The summed E-state index contributed by atoms with van der Waals surface area (Å²) in [7, 11) is 0. The molecule has 0 spiro atoms. The average molecular weight is 330 g/mol. The maximum Gasteiger partial charge on any atom is 0.325 e. The Kier molecular flexibility index (Phi) is 6.35. The third-order valence-electron chi connectivity index (χ3n) is 2.38. The topological polar surface area (TPSA) is 75.6 Å². The lowest BCUT2D eigenvalue weighted by molar-refractivity contribution is -0.141. The molecule has 0 fully saturated rings. The highest BCUT2D eigenvalue weighted by Crippen LogP contribution is 2.16. The Bertz CT molecular complexity index is 433. The zero-order valence-corrected chi connectivity index (χ0v) is 12.1.